The zero-order valence-electron chi connectivity index (χ0n) is 11.0. The van der Waals surface area contributed by atoms with Crippen LogP contribution in [0.2, 0.25) is 0 Å². The Hall–Kier alpha value is -1.83. The molecule has 0 aliphatic carbocycles. The zero-order chi connectivity index (χ0) is 12.9. The molecule has 1 radical (unpaired) electrons. The monoisotopic (exact) mass is 294 g/mol. The van der Waals surface area contributed by atoms with Gasteiger partial charge in [0.15, 0.2) is 8.80 Å². The Morgan fingerprint density at radius 2 is 0.650 bits per heavy atom. The van der Waals surface area contributed by atoms with E-state index >= 15 is 0 Å². The van der Waals surface area contributed by atoms with Gasteiger partial charge in [-0.25, -0.2) is 0 Å². The summed E-state index contributed by atoms with van der Waals surface area (Å²) in [7, 11) is -0.877. The van der Waals surface area contributed by atoms with Crippen LogP contribution in [0.3, 0.4) is 0 Å². The standard InChI is InChI=1S/C18H15Si.ClH/c1-4-10-16(11-5-1)19(17-12-6-2-7-13-17)18-14-8-3-9-15-18;/h1-15H;1H/p-1. The van der Waals surface area contributed by atoms with E-state index in [9.17, 15) is 0 Å². The van der Waals surface area contributed by atoms with Crippen LogP contribution in [0.5, 0.6) is 0 Å². The lowest BCUT2D eigenvalue weighted by molar-refractivity contribution is -0.00000359. The minimum Gasteiger partial charge on any atom is -1.00 e. The van der Waals surface area contributed by atoms with Gasteiger partial charge >= 0.3 is 0 Å². The quantitative estimate of drug-likeness (QED) is 0.439. The summed E-state index contributed by atoms with van der Waals surface area (Å²) in [6.07, 6.45) is 0. The highest BCUT2D eigenvalue weighted by atomic mass is 35.5. The van der Waals surface area contributed by atoms with Crippen LogP contribution >= 0.6 is 0 Å². The van der Waals surface area contributed by atoms with Crippen molar-refractivity contribution in [1.82, 2.24) is 0 Å². The van der Waals surface area contributed by atoms with Crippen LogP contribution in [0.15, 0.2) is 91.0 Å². The number of hydrogen-bond donors (Lipinski definition) is 0. The van der Waals surface area contributed by atoms with Gasteiger partial charge in [0.2, 0.25) is 0 Å². The van der Waals surface area contributed by atoms with Crippen molar-refractivity contribution in [2.24, 2.45) is 0 Å². The van der Waals surface area contributed by atoms with Crippen molar-refractivity contribution >= 4 is 24.4 Å². The van der Waals surface area contributed by atoms with Crippen LogP contribution in [-0.4, -0.2) is 8.80 Å². The van der Waals surface area contributed by atoms with Gasteiger partial charge < -0.3 is 12.4 Å². The molecule has 0 N–H and O–H groups in total. The SMILES string of the molecule is [Cl-].c1ccc([Si](c2ccccc2)c2ccccc2)cc1. The average Bonchev–Trinajstić information content (AvgIpc) is 2.51. The van der Waals surface area contributed by atoms with Crippen LogP contribution in [0.25, 0.3) is 0 Å². The van der Waals surface area contributed by atoms with Gasteiger partial charge in [-0.1, -0.05) is 107 Å². The zero-order valence-corrected chi connectivity index (χ0v) is 12.8. The predicted molar refractivity (Wildman–Crippen MR) is 84.0 cm³/mol. The van der Waals surface area contributed by atoms with E-state index in [-0.39, 0.29) is 12.4 Å². The molecule has 3 aromatic rings. The Morgan fingerprint density at radius 3 is 0.900 bits per heavy atom. The van der Waals surface area contributed by atoms with Crippen molar-refractivity contribution in [2.75, 3.05) is 0 Å². The van der Waals surface area contributed by atoms with E-state index in [0.717, 1.165) is 0 Å². The van der Waals surface area contributed by atoms with Crippen molar-refractivity contribution in [3.8, 4) is 0 Å². The average molecular weight is 295 g/mol. The van der Waals surface area contributed by atoms with Crippen LogP contribution in [-0.2, 0) is 0 Å². The van der Waals surface area contributed by atoms with Gasteiger partial charge in [0.1, 0.15) is 0 Å². The molecular weight excluding hydrogens is 280 g/mol. The van der Waals surface area contributed by atoms with Gasteiger partial charge in [0.05, 0.1) is 0 Å². The fourth-order valence-electron chi connectivity index (χ4n) is 2.31. The topological polar surface area (TPSA) is 0 Å². The first-order valence-corrected chi connectivity index (χ1v) is 7.98. The minimum absolute atomic E-state index is 0. The highest BCUT2D eigenvalue weighted by Crippen LogP contribution is 1.95. The molecule has 0 saturated carbocycles. The normalized spacial score (nSPS) is 10.1. The van der Waals surface area contributed by atoms with Crippen LogP contribution in [0, 0.1) is 0 Å². The Labute approximate surface area is 128 Å². The highest BCUT2D eigenvalue weighted by molar-refractivity contribution is 6.95. The summed E-state index contributed by atoms with van der Waals surface area (Å²) in [5.74, 6) is 0. The molecule has 0 spiro atoms. The molecule has 0 aliphatic heterocycles. The molecule has 0 nitrogen and oxygen atoms in total. The molecule has 0 bridgehead atoms. The van der Waals surface area contributed by atoms with Crippen LogP contribution in [0.4, 0.5) is 0 Å². The van der Waals surface area contributed by atoms with Gasteiger partial charge in [-0.3, -0.25) is 0 Å². The summed E-state index contributed by atoms with van der Waals surface area (Å²) in [4.78, 5) is 0. The third-order valence-electron chi connectivity index (χ3n) is 3.19. The highest BCUT2D eigenvalue weighted by Gasteiger charge is 2.18. The minimum atomic E-state index is -0.877. The molecule has 0 aliphatic rings. The van der Waals surface area contributed by atoms with E-state index in [1.165, 1.54) is 15.6 Å². The summed E-state index contributed by atoms with van der Waals surface area (Å²) in [5, 5.41) is 4.31. The molecule has 3 rings (SSSR count). The van der Waals surface area contributed by atoms with E-state index in [0.29, 0.717) is 0 Å². The van der Waals surface area contributed by atoms with E-state index in [1.807, 2.05) is 0 Å². The van der Waals surface area contributed by atoms with Crippen molar-refractivity contribution in [1.29, 1.82) is 0 Å². The molecule has 3 aromatic carbocycles. The molecule has 0 fully saturated rings. The van der Waals surface area contributed by atoms with Gasteiger partial charge in [-0.2, -0.15) is 0 Å². The molecule has 99 valence electrons. The van der Waals surface area contributed by atoms with Crippen molar-refractivity contribution in [3.05, 3.63) is 91.0 Å². The Bertz CT molecular complexity index is 529. The Morgan fingerprint density at radius 1 is 0.400 bits per heavy atom. The maximum atomic E-state index is 2.24. The maximum absolute atomic E-state index is 2.24. The van der Waals surface area contributed by atoms with E-state index < -0.39 is 8.80 Å². The number of benzene rings is 3. The fourth-order valence-corrected chi connectivity index (χ4v) is 4.89. The second kappa shape index (κ2) is 7.08. The molecule has 20 heavy (non-hydrogen) atoms. The summed E-state index contributed by atoms with van der Waals surface area (Å²) >= 11 is 0. The summed E-state index contributed by atoms with van der Waals surface area (Å²) in [6.45, 7) is 0. The molecular formula is C18H15ClSi-. The largest absolute Gasteiger partial charge is 1.00 e. The summed E-state index contributed by atoms with van der Waals surface area (Å²) in [5.41, 5.74) is 0. The number of hydrogen-bond acceptors (Lipinski definition) is 0. The molecule has 0 saturated heterocycles. The molecule has 0 aromatic heterocycles. The first-order valence-electron chi connectivity index (χ1n) is 6.48. The maximum Gasteiger partial charge on any atom is 0.154 e. The summed E-state index contributed by atoms with van der Waals surface area (Å²) in [6, 6.07) is 32.5. The molecule has 0 unspecified atom stereocenters. The number of rotatable bonds is 3. The van der Waals surface area contributed by atoms with Gasteiger partial charge in [0.25, 0.3) is 0 Å². The Balaban J connectivity index is 0.00000147. The lowest BCUT2D eigenvalue weighted by Crippen LogP contribution is -3.00. The van der Waals surface area contributed by atoms with E-state index in [1.54, 1.807) is 0 Å². The first kappa shape index (κ1) is 14.6. The molecule has 0 atom stereocenters. The number of halogens is 1. The molecule has 0 amide bonds. The Kier molecular flexibility index (Phi) is 5.16. The second-order valence-corrected chi connectivity index (χ2v) is 6.96. The van der Waals surface area contributed by atoms with Gasteiger partial charge in [0, 0.05) is 0 Å². The summed E-state index contributed by atoms with van der Waals surface area (Å²) < 4.78 is 0. The van der Waals surface area contributed by atoms with Crippen molar-refractivity contribution < 1.29 is 12.4 Å². The lowest BCUT2D eigenvalue weighted by Gasteiger charge is -2.16. The smallest absolute Gasteiger partial charge is 0.154 e. The first-order chi connectivity index (χ1) is 9.45. The second-order valence-electron chi connectivity index (χ2n) is 4.47. The van der Waals surface area contributed by atoms with E-state index in [2.05, 4.69) is 91.0 Å². The van der Waals surface area contributed by atoms with Crippen LogP contribution in [0.1, 0.15) is 0 Å². The third kappa shape index (κ3) is 3.19. The third-order valence-corrected chi connectivity index (χ3v) is 5.92. The lowest BCUT2D eigenvalue weighted by atomic mass is 10.3. The molecule has 2 heteroatoms. The van der Waals surface area contributed by atoms with Crippen LogP contribution < -0.4 is 28.0 Å². The predicted octanol–water partition coefficient (Wildman–Crippen LogP) is -0.793. The molecule has 0 heterocycles. The van der Waals surface area contributed by atoms with Crippen molar-refractivity contribution in [2.45, 2.75) is 0 Å². The van der Waals surface area contributed by atoms with Crippen molar-refractivity contribution in [3.63, 3.8) is 0 Å². The fraction of sp³-hybridized carbons (Fsp3) is 0. The van der Waals surface area contributed by atoms with E-state index in [4.69, 9.17) is 0 Å². The van der Waals surface area contributed by atoms with Gasteiger partial charge in [-0.05, 0) is 0 Å². The van der Waals surface area contributed by atoms with Gasteiger partial charge in [-0.15, -0.1) is 0 Å².